The van der Waals surface area contributed by atoms with E-state index in [1.807, 2.05) is 21.5 Å². The van der Waals surface area contributed by atoms with E-state index in [0.29, 0.717) is 25.4 Å². The van der Waals surface area contributed by atoms with Gasteiger partial charge in [0.2, 0.25) is 5.91 Å². The lowest BCUT2D eigenvalue weighted by molar-refractivity contribution is -0.135. The zero-order chi connectivity index (χ0) is 16.7. The van der Waals surface area contributed by atoms with Crippen LogP contribution in [0.4, 0.5) is 0 Å². The van der Waals surface area contributed by atoms with Crippen LogP contribution >= 0.6 is 0 Å². The van der Waals surface area contributed by atoms with Gasteiger partial charge in [-0.05, 0) is 25.3 Å². The average Bonchev–Trinajstić information content (AvgIpc) is 3.20. The predicted octanol–water partition coefficient (Wildman–Crippen LogP) is 0.870. The summed E-state index contributed by atoms with van der Waals surface area (Å²) in [6.07, 6.45) is 5.74. The Morgan fingerprint density at radius 2 is 1.92 bits per heavy atom. The molecule has 4 rings (SSSR count). The molecular formula is C16H20N4O3S. The molecule has 8 heteroatoms. The summed E-state index contributed by atoms with van der Waals surface area (Å²) in [6, 6.07) is 3.87. The van der Waals surface area contributed by atoms with Crippen LogP contribution in [-0.2, 0) is 14.6 Å². The van der Waals surface area contributed by atoms with Gasteiger partial charge in [-0.25, -0.2) is 17.9 Å². The van der Waals surface area contributed by atoms with Gasteiger partial charge in [0.25, 0.3) is 0 Å². The minimum atomic E-state index is -3.02. The minimum Gasteiger partial charge on any atom is -0.342 e. The standard InChI is InChI=1S/C16H20N4O3S/c21-16(13-5-10-24(22,23)11-13)19-8-3-12(4-9-19)14-1-6-17-15-2-7-18-20(14)15/h1-2,6-7,12-13H,3-5,8-11H2. The van der Waals surface area contributed by atoms with Crippen LogP contribution in [0.25, 0.3) is 5.65 Å². The van der Waals surface area contributed by atoms with E-state index in [9.17, 15) is 13.2 Å². The topological polar surface area (TPSA) is 84.6 Å². The van der Waals surface area contributed by atoms with Crippen molar-refractivity contribution in [1.82, 2.24) is 19.5 Å². The van der Waals surface area contributed by atoms with Gasteiger partial charge in [-0.15, -0.1) is 0 Å². The van der Waals surface area contributed by atoms with Crippen molar-refractivity contribution in [3.05, 3.63) is 30.2 Å². The minimum absolute atomic E-state index is 0.00786. The van der Waals surface area contributed by atoms with Crippen molar-refractivity contribution in [2.24, 2.45) is 5.92 Å². The molecule has 2 aliphatic heterocycles. The third-order valence-electron chi connectivity index (χ3n) is 5.13. The molecule has 2 saturated heterocycles. The first-order chi connectivity index (χ1) is 11.5. The lowest BCUT2D eigenvalue weighted by Crippen LogP contribution is -2.42. The molecule has 0 saturated carbocycles. The molecule has 0 radical (unpaired) electrons. The van der Waals surface area contributed by atoms with Gasteiger partial charge in [-0.2, -0.15) is 5.10 Å². The van der Waals surface area contributed by atoms with Crippen LogP contribution in [0.2, 0.25) is 0 Å². The second-order valence-corrected chi connectivity index (χ2v) is 8.90. The van der Waals surface area contributed by atoms with E-state index in [-0.39, 0.29) is 23.3 Å². The van der Waals surface area contributed by atoms with Crippen molar-refractivity contribution in [1.29, 1.82) is 0 Å². The van der Waals surface area contributed by atoms with E-state index < -0.39 is 9.84 Å². The molecule has 7 nitrogen and oxygen atoms in total. The van der Waals surface area contributed by atoms with Crippen LogP contribution in [0.3, 0.4) is 0 Å². The second-order valence-electron chi connectivity index (χ2n) is 6.67. The van der Waals surface area contributed by atoms with E-state index in [4.69, 9.17) is 0 Å². The van der Waals surface area contributed by atoms with Crippen molar-refractivity contribution in [2.75, 3.05) is 24.6 Å². The summed E-state index contributed by atoms with van der Waals surface area (Å²) in [5.74, 6) is 0.170. The van der Waals surface area contributed by atoms with Gasteiger partial charge in [0.05, 0.1) is 23.6 Å². The number of fused-ring (bicyclic) bond motifs is 1. The molecule has 0 aromatic carbocycles. The molecule has 0 aliphatic carbocycles. The fraction of sp³-hybridized carbons (Fsp3) is 0.562. The maximum Gasteiger partial charge on any atom is 0.226 e. The highest BCUT2D eigenvalue weighted by molar-refractivity contribution is 7.91. The summed E-state index contributed by atoms with van der Waals surface area (Å²) in [7, 11) is -3.02. The quantitative estimate of drug-likeness (QED) is 0.804. The van der Waals surface area contributed by atoms with Gasteiger partial charge in [0.1, 0.15) is 0 Å². The Labute approximate surface area is 140 Å². The molecule has 2 aromatic rings. The van der Waals surface area contributed by atoms with E-state index in [1.54, 1.807) is 12.4 Å². The Morgan fingerprint density at radius 1 is 1.12 bits per heavy atom. The molecule has 1 unspecified atom stereocenters. The first-order valence-electron chi connectivity index (χ1n) is 8.31. The zero-order valence-electron chi connectivity index (χ0n) is 13.3. The third-order valence-corrected chi connectivity index (χ3v) is 6.89. The molecule has 2 fully saturated rings. The molecule has 2 aromatic heterocycles. The molecular weight excluding hydrogens is 328 g/mol. The maximum absolute atomic E-state index is 12.5. The first-order valence-corrected chi connectivity index (χ1v) is 10.1. The number of likely N-dealkylation sites (tertiary alicyclic amines) is 1. The number of hydrogen-bond acceptors (Lipinski definition) is 5. The lowest BCUT2D eigenvalue weighted by atomic mass is 9.92. The summed E-state index contributed by atoms with van der Waals surface area (Å²) >= 11 is 0. The van der Waals surface area contributed by atoms with Crippen molar-refractivity contribution in [3.63, 3.8) is 0 Å². The Morgan fingerprint density at radius 3 is 2.62 bits per heavy atom. The molecule has 1 atom stereocenters. The van der Waals surface area contributed by atoms with Gasteiger partial charge in [-0.3, -0.25) is 4.79 Å². The highest BCUT2D eigenvalue weighted by Gasteiger charge is 2.36. The van der Waals surface area contributed by atoms with Gasteiger partial charge in [0.15, 0.2) is 15.5 Å². The van der Waals surface area contributed by atoms with Gasteiger partial charge < -0.3 is 4.90 Å². The molecule has 0 N–H and O–H groups in total. The van der Waals surface area contributed by atoms with Crippen molar-refractivity contribution < 1.29 is 13.2 Å². The van der Waals surface area contributed by atoms with E-state index in [0.717, 1.165) is 24.2 Å². The molecule has 2 aliphatic rings. The molecule has 4 heterocycles. The van der Waals surface area contributed by atoms with Gasteiger partial charge >= 0.3 is 0 Å². The lowest BCUT2D eigenvalue weighted by Gasteiger charge is -2.33. The average molecular weight is 348 g/mol. The third kappa shape index (κ3) is 2.79. The van der Waals surface area contributed by atoms with Crippen molar-refractivity contribution in [2.45, 2.75) is 25.2 Å². The Kier molecular flexibility index (Phi) is 3.79. The Bertz CT molecular complexity index is 868. The Balaban J connectivity index is 1.44. The summed E-state index contributed by atoms with van der Waals surface area (Å²) in [6.45, 7) is 1.34. The zero-order valence-corrected chi connectivity index (χ0v) is 14.2. The number of amides is 1. The van der Waals surface area contributed by atoms with Crippen LogP contribution in [0, 0.1) is 5.92 Å². The highest BCUT2D eigenvalue weighted by Crippen LogP contribution is 2.30. The summed E-state index contributed by atoms with van der Waals surface area (Å²) < 4.78 is 25.0. The molecule has 128 valence electrons. The van der Waals surface area contributed by atoms with Crippen LogP contribution in [0.5, 0.6) is 0 Å². The molecule has 0 spiro atoms. The van der Waals surface area contributed by atoms with E-state index in [2.05, 4.69) is 10.1 Å². The van der Waals surface area contributed by atoms with Crippen molar-refractivity contribution >= 4 is 21.4 Å². The normalized spacial score (nSPS) is 24.5. The predicted molar refractivity (Wildman–Crippen MR) is 88.3 cm³/mol. The largest absolute Gasteiger partial charge is 0.342 e. The number of carbonyl (C=O) groups excluding carboxylic acids is 1. The number of nitrogens with zero attached hydrogens (tertiary/aromatic N) is 4. The SMILES string of the molecule is O=C(C1CCS(=O)(=O)C1)N1CCC(c2ccnc3ccnn23)CC1. The first kappa shape index (κ1) is 15.6. The molecule has 1 amide bonds. The smallest absolute Gasteiger partial charge is 0.226 e. The fourth-order valence-corrected chi connectivity index (χ4v) is 5.54. The van der Waals surface area contributed by atoms with Crippen LogP contribution in [0.1, 0.15) is 30.9 Å². The van der Waals surface area contributed by atoms with Crippen LogP contribution in [-0.4, -0.2) is 58.4 Å². The number of piperidine rings is 1. The fourth-order valence-electron chi connectivity index (χ4n) is 3.81. The number of carbonyl (C=O) groups is 1. The Hall–Kier alpha value is -1.96. The highest BCUT2D eigenvalue weighted by atomic mass is 32.2. The summed E-state index contributed by atoms with van der Waals surface area (Å²) in [5, 5.41) is 4.33. The van der Waals surface area contributed by atoms with Crippen molar-refractivity contribution in [3.8, 4) is 0 Å². The number of hydrogen-bond donors (Lipinski definition) is 0. The van der Waals surface area contributed by atoms with Crippen LogP contribution in [0.15, 0.2) is 24.5 Å². The monoisotopic (exact) mass is 348 g/mol. The molecule has 24 heavy (non-hydrogen) atoms. The summed E-state index contributed by atoms with van der Waals surface area (Å²) in [4.78, 5) is 18.7. The summed E-state index contributed by atoms with van der Waals surface area (Å²) in [5.41, 5.74) is 1.96. The number of rotatable bonds is 2. The van der Waals surface area contributed by atoms with Gasteiger partial charge in [-0.1, -0.05) is 0 Å². The van der Waals surface area contributed by atoms with E-state index in [1.165, 1.54) is 0 Å². The number of aromatic nitrogens is 3. The van der Waals surface area contributed by atoms with E-state index >= 15 is 0 Å². The molecule has 0 bridgehead atoms. The number of sulfone groups is 1. The maximum atomic E-state index is 12.5. The second kappa shape index (κ2) is 5.84. The van der Waals surface area contributed by atoms with Gasteiger partial charge in [0, 0.05) is 37.0 Å². The van der Waals surface area contributed by atoms with Crippen LogP contribution < -0.4 is 0 Å².